The number of carbonyl (C=O) groups excluding carboxylic acids is 2. The van der Waals surface area contributed by atoms with Crippen LogP contribution in [-0.2, 0) is 9.59 Å². The number of thioether (sulfide) groups is 1. The van der Waals surface area contributed by atoms with E-state index in [9.17, 15) is 9.59 Å². The number of hydrogen-bond donors (Lipinski definition) is 0. The predicted molar refractivity (Wildman–Crippen MR) is 98.1 cm³/mol. The Balaban J connectivity index is 1.56. The molecule has 2 aliphatic rings. The van der Waals surface area contributed by atoms with Crippen molar-refractivity contribution in [1.82, 2.24) is 9.80 Å². The lowest BCUT2D eigenvalue weighted by Crippen LogP contribution is -2.50. The van der Waals surface area contributed by atoms with E-state index in [-0.39, 0.29) is 28.8 Å². The molecule has 25 heavy (non-hydrogen) atoms. The standard InChI is InChI=1S/C19H22N2O3S/c1-12(16-10-13-6-4-5-7-15(13)24-16)20(3)18(23)14-11-25-19(2)9-8-17(22)21(14)19/h4-7,10,12,14H,8-9,11H2,1-3H3/t12-,14+,19-/m1/s1. The summed E-state index contributed by atoms with van der Waals surface area (Å²) in [5.41, 5.74) is 0.823. The van der Waals surface area contributed by atoms with Gasteiger partial charge in [0.05, 0.1) is 10.9 Å². The van der Waals surface area contributed by atoms with Crippen LogP contribution in [-0.4, -0.2) is 45.3 Å². The van der Waals surface area contributed by atoms with Crippen molar-refractivity contribution in [2.75, 3.05) is 12.8 Å². The fraction of sp³-hybridized carbons (Fsp3) is 0.474. The normalized spacial score (nSPS) is 26.9. The molecule has 2 fully saturated rings. The number of likely N-dealkylation sites (N-methyl/N-ethyl adjacent to an activating group) is 1. The highest BCUT2D eigenvalue weighted by Crippen LogP contribution is 2.47. The summed E-state index contributed by atoms with van der Waals surface area (Å²) < 4.78 is 5.91. The molecule has 0 N–H and O–H groups in total. The summed E-state index contributed by atoms with van der Waals surface area (Å²) in [4.78, 5) is 28.7. The van der Waals surface area contributed by atoms with Gasteiger partial charge in [0.25, 0.3) is 0 Å². The third kappa shape index (κ3) is 2.54. The topological polar surface area (TPSA) is 53.8 Å². The Hall–Kier alpha value is -1.95. The van der Waals surface area contributed by atoms with E-state index >= 15 is 0 Å². The maximum atomic E-state index is 13.1. The van der Waals surface area contributed by atoms with Crippen molar-refractivity contribution in [3.63, 3.8) is 0 Å². The second-order valence-electron chi connectivity index (χ2n) is 7.08. The Kier molecular flexibility index (Phi) is 3.83. The van der Waals surface area contributed by atoms with Crippen LogP contribution >= 0.6 is 11.8 Å². The van der Waals surface area contributed by atoms with E-state index in [0.717, 1.165) is 23.2 Å². The maximum Gasteiger partial charge on any atom is 0.246 e. The van der Waals surface area contributed by atoms with Crippen molar-refractivity contribution in [2.24, 2.45) is 0 Å². The average molecular weight is 358 g/mol. The van der Waals surface area contributed by atoms with Gasteiger partial charge in [0.2, 0.25) is 11.8 Å². The quantitative estimate of drug-likeness (QED) is 0.844. The molecule has 2 aromatic rings. The van der Waals surface area contributed by atoms with Gasteiger partial charge in [-0.05, 0) is 32.4 Å². The summed E-state index contributed by atoms with van der Waals surface area (Å²) in [6.07, 6.45) is 1.36. The zero-order chi connectivity index (χ0) is 17.8. The van der Waals surface area contributed by atoms with Gasteiger partial charge in [0, 0.05) is 24.6 Å². The molecule has 3 heterocycles. The van der Waals surface area contributed by atoms with Gasteiger partial charge >= 0.3 is 0 Å². The van der Waals surface area contributed by atoms with Crippen LogP contribution < -0.4 is 0 Å². The summed E-state index contributed by atoms with van der Waals surface area (Å²) in [7, 11) is 1.79. The summed E-state index contributed by atoms with van der Waals surface area (Å²) in [5, 5.41) is 1.03. The van der Waals surface area contributed by atoms with Gasteiger partial charge in [-0.2, -0.15) is 0 Å². The van der Waals surface area contributed by atoms with Gasteiger partial charge in [0.15, 0.2) is 0 Å². The first-order chi connectivity index (χ1) is 11.9. The van der Waals surface area contributed by atoms with Crippen molar-refractivity contribution >= 4 is 34.5 Å². The number of carbonyl (C=O) groups is 2. The van der Waals surface area contributed by atoms with Crippen LogP contribution in [0.3, 0.4) is 0 Å². The van der Waals surface area contributed by atoms with Crippen molar-refractivity contribution in [3.8, 4) is 0 Å². The average Bonchev–Trinajstić information content (AvgIpc) is 3.26. The highest BCUT2D eigenvalue weighted by Gasteiger charge is 2.53. The Morgan fingerprint density at radius 2 is 2.20 bits per heavy atom. The van der Waals surface area contributed by atoms with Gasteiger partial charge < -0.3 is 14.2 Å². The maximum absolute atomic E-state index is 13.1. The Morgan fingerprint density at radius 3 is 2.96 bits per heavy atom. The van der Waals surface area contributed by atoms with Gasteiger partial charge in [-0.25, -0.2) is 0 Å². The Labute approximate surface area is 151 Å². The molecule has 0 unspecified atom stereocenters. The first-order valence-corrected chi connectivity index (χ1v) is 9.60. The van der Waals surface area contributed by atoms with Crippen molar-refractivity contribution in [1.29, 1.82) is 0 Å². The fourth-order valence-electron chi connectivity index (χ4n) is 3.83. The van der Waals surface area contributed by atoms with Crippen LogP contribution in [0.4, 0.5) is 0 Å². The molecule has 0 radical (unpaired) electrons. The minimum Gasteiger partial charge on any atom is -0.459 e. The Morgan fingerprint density at radius 1 is 1.44 bits per heavy atom. The Bertz CT molecular complexity index is 815. The number of nitrogens with zero attached hydrogens (tertiary/aromatic N) is 2. The van der Waals surface area contributed by atoms with Gasteiger partial charge in [-0.3, -0.25) is 9.59 Å². The molecular formula is C19H22N2O3S. The number of hydrogen-bond acceptors (Lipinski definition) is 4. The van der Waals surface area contributed by atoms with Crippen LogP contribution in [0.25, 0.3) is 11.0 Å². The summed E-state index contributed by atoms with van der Waals surface area (Å²) in [6, 6.07) is 9.25. The van der Waals surface area contributed by atoms with Crippen LogP contribution in [0.15, 0.2) is 34.7 Å². The largest absolute Gasteiger partial charge is 0.459 e. The monoisotopic (exact) mass is 358 g/mol. The number of furan rings is 1. The summed E-state index contributed by atoms with van der Waals surface area (Å²) in [5.74, 6) is 1.51. The molecule has 0 aliphatic carbocycles. The lowest BCUT2D eigenvalue weighted by molar-refractivity contribution is -0.144. The molecule has 0 saturated carbocycles. The first-order valence-electron chi connectivity index (χ1n) is 8.62. The van der Waals surface area contributed by atoms with E-state index in [1.165, 1.54) is 0 Å². The second kappa shape index (κ2) is 5.80. The minimum absolute atomic E-state index is 0.0144. The van der Waals surface area contributed by atoms with E-state index in [0.29, 0.717) is 12.2 Å². The smallest absolute Gasteiger partial charge is 0.246 e. The number of amides is 2. The van der Waals surface area contributed by atoms with Crippen LogP contribution in [0.1, 0.15) is 38.5 Å². The van der Waals surface area contributed by atoms with Crippen molar-refractivity contribution < 1.29 is 14.0 Å². The van der Waals surface area contributed by atoms with E-state index in [4.69, 9.17) is 4.42 Å². The summed E-state index contributed by atoms with van der Waals surface area (Å²) >= 11 is 1.72. The van der Waals surface area contributed by atoms with Gasteiger partial charge in [-0.1, -0.05) is 18.2 Å². The predicted octanol–water partition coefficient (Wildman–Crippen LogP) is 3.41. The lowest BCUT2D eigenvalue weighted by Gasteiger charge is -2.33. The number of rotatable bonds is 3. The molecule has 1 aromatic heterocycles. The molecular weight excluding hydrogens is 336 g/mol. The lowest BCUT2D eigenvalue weighted by atomic mass is 10.1. The molecule has 132 valence electrons. The zero-order valence-electron chi connectivity index (χ0n) is 14.7. The highest BCUT2D eigenvalue weighted by molar-refractivity contribution is 8.01. The summed E-state index contributed by atoms with van der Waals surface area (Å²) in [6.45, 7) is 4.03. The van der Waals surface area contributed by atoms with Gasteiger partial charge in [0.1, 0.15) is 17.4 Å². The van der Waals surface area contributed by atoms with E-state index in [2.05, 4.69) is 6.92 Å². The highest BCUT2D eigenvalue weighted by atomic mass is 32.2. The molecule has 2 aliphatic heterocycles. The molecule has 0 bridgehead atoms. The van der Waals surface area contributed by atoms with E-state index < -0.39 is 0 Å². The van der Waals surface area contributed by atoms with Gasteiger partial charge in [-0.15, -0.1) is 11.8 Å². The molecule has 6 heteroatoms. The third-order valence-electron chi connectivity index (χ3n) is 5.51. The number of para-hydroxylation sites is 1. The molecule has 2 amide bonds. The molecule has 4 rings (SSSR count). The zero-order valence-corrected chi connectivity index (χ0v) is 15.5. The molecule has 2 saturated heterocycles. The van der Waals surface area contributed by atoms with Crippen LogP contribution in [0.2, 0.25) is 0 Å². The SMILES string of the molecule is C[C@H](c1cc2ccccc2o1)N(C)C(=O)[C@@H]1CS[C@]2(C)CCC(=O)N12. The molecule has 0 spiro atoms. The molecule has 3 atom stereocenters. The molecule has 5 nitrogen and oxygen atoms in total. The fourth-order valence-corrected chi connectivity index (χ4v) is 5.25. The van der Waals surface area contributed by atoms with Crippen molar-refractivity contribution in [2.45, 2.75) is 43.6 Å². The third-order valence-corrected chi connectivity index (χ3v) is 7.02. The number of benzene rings is 1. The molecule has 1 aromatic carbocycles. The van der Waals surface area contributed by atoms with Crippen molar-refractivity contribution in [3.05, 3.63) is 36.1 Å². The van der Waals surface area contributed by atoms with Crippen LogP contribution in [0, 0.1) is 0 Å². The minimum atomic E-state index is -0.373. The first kappa shape index (κ1) is 16.5. The van der Waals surface area contributed by atoms with E-state index in [1.807, 2.05) is 42.2 Å². The van der Waals surface area contributed by atoms with E-state index in [1.54, 1.807) is 23.7 Å². The second-order valence-corrected chi connectivity index (χ2v) is 8.58. The number of fused-ring (bicyclic) bond motifs is 2. The van der Waals surface area contributed by atoms with Crippen LogP contribution in [0.5, 0.6) is 0 Å².